The van der Waals surface area contributed by atoms with Crippen molar-refractivity contribution < 1.29 is 9.47 Å². The molecule has 4 rings (SSSR count). The summed E-state index contributed by atoms with van der Waals surface area (Å²) >= 11 is 0. The van der Waals surface area contributed by atoms with Gasteiger partial charge in [0.05, 0.1) is 25.4 Å². The molecule has 0 aliphatic heterocycles. The number of hydrogen-bond acceptors (Lipinski definition) is 4. The molecule has 0 fully saturated rings. The molecule has 4 heterocycles. The molecule has 0 amide bonds. The molecular weight excluding hydrogens is 292 g/mol. The third-order valence-electron chi connectivity index (χ3n) is 4.06. The topological polar surface area (TPSA) is 65.0 Å². The van der Waals surface area contributed by atoms with Crippen LogP contribution in [0.15, 0.2) is 36.7 Å². The average Bonchev–Trinajstić information content (AvgIpc) is 3.14. The summed E-state index contributed by atoms with van der Waals surface area (Å²) in [6, 6.07) is 8.00. The van der Waals surface area contributed by atoms with E-state index in [-0.39, 0.29) is 0 Å². The second-order valence-corrected chi connectivity index (χ2v) is 5.30. The molecule has 4 aromatic heterocycles. The summed E-state index contributed by atoms with van der Waals surface area (Å²) in [6.45, 7) is 0. The third-order valence-corrected chi connectivity index (χ3v) is 4.06. The first kappa shape index (κ1) is 13.6. The number of fused-ring (bicyclic) bond motifs is 2. The molecule has 116 valence electrons. The van der Waals surface area contributed by atoms with Gasteiger partial charge in [0.15, 0.2) is 5.75 Å². The van der Waals surface area contributed by atoms with Gasteiger partial charge in [-0.05, 0) is 18.2 Å². The zero-order valence-corrected chi connectivity index (χ0v) is 13.1. The van der Waals surface area contributed by atoms with Crippen LogP contribution in [0.5, 0.6) is 11.6 Å². The summed E-state index contributed by atoms with van der Waals surface area (Å²) in [7, 11) is 5.19. The predicted octanol–water partition coefficient (Wildman–Crippen LogP) is 3.13. The van der Waals surface area contributed by atoms with E-state index in [1.807, 2.05) is 25.4 Å². The Labute approximate surface area is 132 Å². The smallest absolute Gasteiger partial charge is 0.257 e. The van der Waals surface area contributed by atoms with Gasteiger partial charge >= 0.3 is 0 Å². The maximum atomic E-state index is 5.32. The van der Waals surface area contributed by atoms with Crippen LogP contribution in [0.4, 0.5) is 0 Å². The van der Waals surface area contributed by atoms with Crippen molar-refractivity contribution >= 4 is 22.1 Å². The average molecular weight is 308 g/mol. The van der Waals surface area contributed by atoms with Gasteiger partial charge in [0.1, 0.15) is 11.2 Å². The Balaban J connectivity index is 1.99. The maximum absolute atomic E-state index is 5.32. The van der Waals surface area contributed by atoms with Gasteiger partial charge in [-0.2, -0.15) is 0 Å². The van der Waals surface area contributed by atoms with Crippen LogP contribution in [0.1, 0.15) is 0 Å². The Kier molecular flexibility index (Phi) is 2.97. The second kappa shape index (κ2) is 5.01. The molecule has 6 nitrogen and oxygen atoms in total. The number of hydrogen-bond donors (Lipinski definition) is 1. The van der Waals surface area contributed by atoms with Crippen LogP contribution in [0.2, 0.25) is 0 Å². The van der Waals surface area contributed by atoms with Crippen LogP contribution in [-0.4, -0.2) is 33.7 Å². The number of nitrogens with one attached hydrogen (secondary N) is 1. The van der Waals surface area contributed by atoms with Crippen LogP contribution in [0, 0.1) is 0 Å². The van der Waals surface area contributed by atoms with Gasteiger partial charge in [0.25, 0.3) is 5.88 Å². The van der Waals surface area contributed by atoms with Crippen molar-refractivity contribution in [2.24, 2.45) is 7.05 Å². The fourth-order valence-electron chi connectivity index (χ4n) is 2.92. The van der Waals surface area contributed by atoms with Crippen molar-refractivity contribution in [2.45, 2.75) is 0 Å². The summed E-state index contributed by atoms with van der Waals surface area (Å²) in [5, 5.41) is 1.10. The zero-order chi connectivity index (χ0) is 16.0. The van der Waals surface area contributed by atoms with Crippen molar-refractivity contribution in [2.75, 3.05) is 14.2 Å². The lowest BCUT2D eigenvalue weighted by Gasteiger charge is -2.07. The fourth-order valence-corrected chi connectivity index (χ4v) is 2.92. The standard InChI is InChI=1S/C17H16N4O2/c1-21-13(7-10-5-4-6-18-16(10)21)11-9-19-12-8-14(22-2)17(23-3)20-15(11)12/h4-9,19H,1-3H3. The normalized spacial score (nSPS) is 11.3. The maximum Gasteiger partial charge on any atom is 0.257 e. The van der Waals surface area contributed by atoms with Gasteiger partial charge in [-0.15, -0.1) is 0 Å². The van der Waals surface area contributed by atoms with E-state index in [4.69, 9.17) is 9.47 Å². The van der Waals surface area contributed by atoms with Gasteiger partial charge < -0.3 is 19.0 Å². The van der Waals surface area contributed by atoms with E-state index in [9.17, 15) is 0 Å². The van der Waals surface area contributed by atoms with Crippen LogP contribution >= 0.6 is 0 Å². The summed E-state index contributed by atoms with van der Waals surface area (Å²) < 4.78 is 12.7. The molecule has 1 N–H and O–H groups in total. The van der Waals surface area contributed by atoms with E-state index in [2.05, 4.69) is 31.7 Å². The van der Waals surface area contributed by atoms with Crippen molar-refractivity contribution in [3.05, 3.63) is 36.7 Å². The minimum Gasteiger partial charge on any atom is -0.491 e. The number of pyridine rings is 2. The molecule has 0 aliphatic rings. The van der Waals surface area contributed by atoms with Crippen LogP contribution in [-0.2, 0) is 7.05 Å². The van der Waals surface area contributed by atoms with Crippen LogP contribution < -0.4 is 9.47 Å². The number of nitrogens with zero attached hydrogens (tertiary/aromatic N) is 3. The molecule has 0 unspecified atom stereocenters. The monoisotopic (exact) mass is 308 g/mol. The lowest BCUT2D eigenvalue weighted by Crippen LogP contribution is -1.95. The van der Waals surface area contributed by atoms with Crippen LogP contribution in [0.25, 0.3) is 33.3 Å². The van der Waals surface area contributed by atoms with Crippen LogP contribution in [0.3, 0.4) is 0 Å². The molecule has 0 saturated carbocycles. The number of aryl methyl sites for hydroxylation is 1. The molecular formula is C17H16N4O2. The first-order valence-electron chi connectivity index (χ1n) is 7.24. The van der Waals surface area contributed by atoms with Gasteiger partial charge in [0.2, 0.25) is 0 Å². The van der Waals surface area contributed by atoms with E-state index < -0.39 is 0 Å². The minimum atomic E-state index is 0.470. The molecule has 6 heteroatoms. The molecule has 0 spiro atoms. The predicted molar refractivity (Wildman–Crippen MR) is 88.9 cm³/mol. The highest BCUT2D eigenvalue weighted by molar-refractivity contribution is 5.96. The Bertz CT molecular complexity index is 1020. The van der Waals surface area contributed by atoms with Gasteiger partial charge in [0, 0.05) is 36.5 Å². The first-order valence-corrected chi connectivity index (χ1v) is 7.24. The SMILES string of the molecule is COc1cc2[nH]cc(-c3cc4cccnc4n3C)c2nc1OC. The summed E-state index contributed by atoms with van der Waals surface area (Å²) in [5.41, 5.74) is 4.73. The Morgan fingerprint density at radius 1 is 1.17 bits per heavy atom. The van der Waals surface area contributed by atoms with Crippen molar-refractivity contribution in [3.63, 3.8) is 0 Å². The summed E-state index contributed by atoms with van der Waals surface area (Å²) in [6.07, 6.45) is 3.75. The third kappa shape index (κ3) is 1.95. The Morgan fingerprint density at radius 3 is 2.78 bits per heavy atom. The van der Waals surface area contributed by atoms with E-state index in [1.54, 1.807) is 20.4 Å². The first-order chi connectivity index (χ1) is 11.2. The van der Waals surface area contributed by atoms with Gasteiger partial charge in [-0.25, -0.2) is 9.97 Å². The van der Waals surface area contributed by atoms with Crippen molar-refractivity contribution in [3.8, 4) is 22.9 Å². The number of aromatic amines is 1. The van der Waals surface area contributed by atoms with E-state index in [0.717, 1.165) is 33.3 Å². The zero-order valence-electron chi connectivity index (χ0n) is 13.1. The molecule has 0 aliphatic carbocycles. The fraction of sp³-hybridized carbons (Fsp3) is 0.176. The van der Waals surface area contributed by atoms with Crippen molar-refractivity contribution in [1.29, 1.82) is 0 Å². The van der Waals surface area contributed by atoms with E-state index >= 15 is 0 Å². The molecule has 4 aromatic rings. The number of methoxy groups -OCH3 is 2. The van der Waals surface area contributed by atoms with E-state index in [0.29, 0.717) is 11.6 Å². The molecule has 0 bridgehead atoms. The number of H-pyrrole nitrogens is 1. The lowest BCUT2D eigenvalue weighted by molar-refractivity contribution is 0.344. The van der Waals surface area contributed by atoms with Gasteiger partial charge in [-0.1, -0.05) is 0 Å². The number of rotatable bonds is 3. The molecule has 0 radical (unpaired) electrons. The number of ether oxygens (including phenoxy) is 2. The molecule has 0 saturated heterocycles. The highest BCUT2D eigenvalue weighted by Crippen LogP contribution is 2.35. The highest BCUT2D eigenvalue weighted by Gasteiger charge is 2.16. The molecule has 23 heavy (non-hydrogen) atoms. The Hall–Kier alpha value is -3.02. The summed E-state index contributed by atoms with van der Waals surface area (Å²) in [4.78, 5) is 12.3. The molecule has 0 aromatic carbocycles. The van der Waals surface area contributed by atoms with Gasteiger partial charge in [-0.3, -0.25) is 0 Å². The number of aromatic nitrogens is 4. The highest BCUT2D eigenvalue weighted by atomic mass is 16.5. The largest absolute Gasteiger partial charge is 0.491 e. The lowest BCUT2D eigenvalue weighted by atomic mass is 10.2. The second-order valence-electron chi connectivity index (χ2n) is 5.30. The minimum absolute atomic E-state index is 0.470. The van der Waals surface area contributed by atoms with E-state index in [1.165, 1.54) is 0 Å². The Morgan fingerprint density at radius 2 is 2.04 bits per heavy atom. The molecule has 0 atom stereocenters. The van der Waals surface area contributed by atoms with Crippen molar-refractivity contribution in [1.82, 2.24) is 19.5 Å². The quantitative estimate of drug-likeness (QED) is 0.631. The summed E-state index contributed by atoms with van der Waals surface area (Å²) in [5.74, 6) is 1.07.